The molecular formula is C30H30ClN5O2S. The molecule has 7 nitrogen and oxygen atoms in total. The molecule has 0 aliphatic carbocycles. The van der Waals surface area contributed by atoms with Crippen LogP contribution in [-0.2, 0) is 4.79 Å². The maximum absolute atomic E-state index is 12.8. The van der Waals surface area contributed by atoms with Crippen LogP contribution in [0.3, 0.4) is 0 Å². The fourth-order valence-corrected chi connectivity index (χ4v) is 5.75. The summed E-state index contributed by atoms with van der Waals surface area (Å²) in [6.07, 6.45) is 2.07. The molecule has 0 saturated carbocycles. The first-order valence-corrected chi connectivity index (χ1v) is 13.5. The molecule has 39 heavy (non-hydrogen) atoms. The normalized spacial score (nSPS) is 16.7. The number of aryl methyl sites for hydroxylation is 1. The number of aromatic nitrogens is 2. The van der Waals surface area contributed by atoms with Crippen LogP contribution < -0.4 is 15.4 Å². The summed E-state index contributed by atoms with van der Waals surface area (Å²) in [6.45, 7) is 4.59. The van der Waals surface area contributed by atoms with E-state index in [9.17, 15) is 4.79 Å². The molecule has 4 aromatic rings. The standard InChI is InChI=1S/C30H30ClN5O2S/c1-19-17-23(20(2)36(19)25-18-21(31)12-13-26(25)38-3)29-28(24-11-7-8-15-32-24)34-30(39)35(29)16-14-27(37)33-22-9-5-4-6-10-22/h4-13,15,17-18,28-29H,14,16H2,1-3H3,(H,33,37)(H,34,39)/t28-,29-/m1/s1. The number of halogens is 1. The van der Waals surface area contributed by atoms with Crippen molar-refractivity contribution in [1.82, 2.24) is 19.8 Å². The number of ether oxygens (including phenoxy) is 1. The maximum atomic E-state index is 12.8. The number of hydrogen-bond acceptors (Lipinski definition) is 4. The molecule has 2 aromatic carbocycles. The molecule has 1 aliphatic heterocycles. The Balaban J connectivity index is 1.51. The predicted octanol–water partition coefficient (Wildman–Crippen LogP) is 6.15. The van der Waals surface area contributed by atoms with Gasteiger partial charge in [-0.15, -0.1) is 0 Å². The van der Waals surface area contributed by atoms with E-state index >= 15 is 0 Å². The molecule has 0 bridgehead atoms. The highest BCUT2D eigenvalue weighted by molar-refractivity contribution is 7.80. The number of para-hydroxylation sites is 1. The molecule has 1 amide bonds. The van der Waals surface area contributed by atoms with E-state index in [0.29, 0.717) is 16.7 Å². The Hall–Kier alpha value is -3.88. The van der Waals surface area contributed by atoms with Crippen molar-refractivity contribution >= 4 is 40.5 Å². The summed E-state index contributed by atoms with van der Waals surface area (Å²) in [5, 5.41) is 7.66. The number of thiocarbonyl (C=S) groups is 1. The van der Waals surface area contributed by atoms with Gasteiger partial charge in [0.15, 0.2) is 5.11 Å². The maximum Gasteiger partial charge on any atom is 0.226 e. The molecule has 5 rings (SSSR count). The second kappa shape index (κ2) is 11.5. The third-order valence-corrected chi connectivity index (χ3v) is 7.59. The van der Waals surface area contributed by atoms with Gasteiger partial charge in [0.05, 0.1) is 30.6 Å². The lowest BCUT2D eigenvalue weighted by Crippen LogP contribution is -2.32. The van der Waals surface area contributed by atoms with E-state index in [1.165, 1.54) is 0 Å². The van der Waals surface area contributed by atoms with Gasteiger partial charge < -0.3 is 24.8 Å². The molecule has 3 heterocycles. The van der Waals surface area contributed by atoms with Crippen molar-refractivity contribution in [3.05, 3.63) is 107 Å². The Bertz CT molecular complexity index is 1490. The van der Waals surface area contributed by atoms with Crippen LogP contribution in [0.4, 0.5) is 5.69 Å². The van der Waals surface area contributed by atoms with Crippen LogP contribution in [0.1, 0.15) is 41.1 Å². The lowest BCUT2D eigenvalue weighted by molar-refractivity contribution is -0.116. The molecule has 0 unspecified atom stereocenters. The lowest BCUT2D eigenvalue weighted by atomic mass is 9.96. The predicted molar refractivity (Wildman–Crippen MR) is 159 cm³/mol. The summed E-state index contributed by atoms with van der Waals surface area (Å²) in [6, 6.07) is 22.7. The highest BCUT2D eigenvalue weighted by atomic mass is 35.5. The van der Waals surface area contributed by atoms with Gasteiger partial charge in [-0.3, -0.25) is 9.78 Å². The van der Waals surface area contributed by atoms with Crippen molar-refractivity contribution in [3.8, 4) is 11.4 Å². The largest absolute Gasteiger partial charge is 0.495 e. The van der Waals surface area contributed by atoms with E-state index < -0.39 is 0 Å². The Morgan fingerprint density at radius 2 is 1.87 bits per heavy atom. The third-order valence-electron chi connectivity index (χ3n) is 7.01. The Kier molecular flexibility index (Phi) is 7.86. The zero-order valence-electron chi connectivity index (χ0n) is 22.0. The lowest BCUT2D eigenvalue weighted by Gasteiger charge is -2.28. The topological polar surface area (TPSA) is 71.4 Å². The molecule has 1 fully saturated rings. The first-order valence-electron chi connectivity index (χ1n) is 12.7. The van der Waals surface area contributed by atoms with Crippen molar-refractivity contribution in [2.45, 2.75) is 32.4 Å². The number of methoxy groups -OCH3 is 1. The second-order valence-electron chi connectivity index (χ2n) is 9.46. The number of anilines is 1. The molecule has 0 radical (unpaired) electrons. The van der Waals surface area contributed by atoms with Gasteiger partial charge in [-0.2, -0.15) is 0 Å². The van der Waals surface area contributed by atoms with Crippen molar-refractivity contribution in [2.24, 2.45) is 0 Å². The zero-order chi connectivity index (χ0) is 27.5. The van der Waals surface area contributed by atoms with Crippen molar-refractivity contribution in [2.75, 3.05) is 19.0 Å². The molecule has 1 aliphatic rings. The molecule has 2 atom stereocenters. The number of nitrogens with one attached hydrogen (secondary N) is 2. The van der Waals surface area contributed by atoms with Crippen molar-refractivity contribution in [3.63, 3.8) is 0 Å². The molecule has 9 heteroatoms. The van der Waals surface area contributed by atoms with E-state index in [-0.39, 0.29) is 24.4 Å². The van der Waals surface area contributed by atoms with Crippen LogP contribution in [-0.4, -0.2) is 39.1 Å². The second-order valence-corrected chi connectivity index (χ2v) is 10.3. The number of nitrogens with zero attached hydrogens (tertiary/aromatic N) is 3. The minimum atomic E-state index is -0.189. The molecule has 1 saturated heterocycles. The summed E-state index contributed by atoms with van der Waals surface area (Å²) >= 11 is 12.2. The zero-order valence-corrected chi connectivity index (χ0v) is 23.6. The average molecular weight is 560 g/mol. The number of pyridine rings is 1. The monoisotopic (exact) mass is 559 g/mol. The van der Waals surface area contributed by atoms with Crippen LogP contribution in [0.2, 0.25) is 5.02 Å². The fourth-order valence-electron chi connectivity index (χ4n) is 5.25. The van der Waals surface area contributed by atoms with Gasteiger partial charge in [0, 0.05) is 41.3 Å². The van der Waals surface area contributed by atoms with Crippen LogP contribution in [0, 0.1) is 13.8 Å². The number of hydrogen-bond donors (Lipinski definition) is 2. The Morgan fingerprint density at radius 3 is 2.59 bits per heavy atom. The number of carbonyl (C=O) groups excluding carboxylic acids is 1. The Morgan fingerprint density at radius 1 is 1.10 bits per heavy atom. The average Bonchev–Trinajstić information content (AvgIpc) is 3.42. The molecular weight excluding hydrogens is 530 g/mol. The van der Waals surface area contributed by atoms with Gasteiger partial charge in [-0.25, -0.2) is 0 Å². The number of amides is 1. The van der Waals surface area contributed by atoms with Crippen molar-refractivity contribution < 1.29 is 9.53 Å². The van der Waals surface area contributed by atoms with Crippen LogP contribution >= 0.6 is 23.8 Å². The third kappa shape index (κ3) is 5.48. The van der Waals surface area contributed by atoms with Crippen LogP contribution in [0.5, 0.6) is 5.75 Å². The number of benzene rings is 2. The smallest absolute Gasteiger partial charge is 0.226 e. The van der Waals surface area contributed by atoms with E-state index in [1.54, 1.807) is 13.3 Å². The highest BCUT2D eigenvalue weighted by Crippen LogP contribution is 2.42. The summed E-state index contributed by atoms with van der Waals surface area (Å²) < 4.78 is 7.81. The summed E-state index contributed by atoms with van der Waals surface area (Å²) in [4.78, 5) is 19.6. The molecule has 2 N–H and O–H groups in total. The van der Waals surface area contributed by atoms with Gasteiger partial charge in [-0.1, -0.05) is 35.9 Å². The minimum absolute atomic E-state index is 0.0711. The van der Waals surface area contributed by atoms with E-state index in [2.05, 4.69) is 45.0 Å². The van der Waals surface area contributed by atoms with Gasteiger partial charge in [-0.05, 0) is 80.2 Å². The van der Waals surface area contributed by atoms with Gasteiger partial charge in [0.25, 0.3) is 0 Å². The first-order chi connectivity index (χ1) is 18.9. The summed E-state index contributed by atoms with van der Waals surface area (Å²) in [5.74, 6) is 0.654. The van der Waals surface area contributed by atoms with E-state index in [4.69, 9.17) is 28.6 Å². The van der Waals surface area contributed by atoms with Gasteiger partial charge >= 0.3 is 0 Å². The molecule has 2 aromatic heterocycles. The van der Waals surface area contributed by atoms with Crippen LogP contribution in [0.15, 0.2) is 79.0 Å². The SMILES string of the molecule is COc1ccc(Cl)cc1-n1c(C)cc([C@@H]2[C@@H](c3ccccn3)NC(=S)N2CCC(=O)Nc2ccccc2)c1C. The fraction of sp³-hybridized carbons (Fsp3) is 0.233. The van der Waals surface area contributed by atoms with Gasteiger partial charge in [0.1, 0.15) is 5.75 Å². The van der Waals surface area contributed by atoms with E-state index in [1.807, 2.05) is 66.7 Å². The Labute approximate surface area is 238 Å². The summed E-state index contributed by atoms with van der Waals surface area (Å²) in [5.41, 5.74) is 5.66. The van der Waals surface area contributed by atoms with Crippen LogP contribution in [0.25, 0.3) is 5.69 Å². The molecule has 200 valence electrons. The van der Waals surface area contributed by atoms with E-state index in [0.717, 1.165) is 39.8 Å². The highest BCUT2D eigenvalue weighted by Gasteiger charge is 2.41. The number of carbonyl (C=O) groups is 1. The molecule has 0 spiro atoms. The quantitative estimate of drug-likeness (QED) is 0.252. The van der Waals surface area contributed by atoms with Crippen molar-refractivity contribution in [1.29, 1.82) is 0 Å². The first kappa shape index (κ1) is 26.7. The van der Waals surface area contributed by atoms with Gasteiger partial charge in [0.2, 0.25) is 5.91 Å². The summed E-state index contributed by atoms with van der Waals surface area (Å²) in [7, 11) is 1.65. The minimum Gasteiger partial charge on any atom is -0.495 e. The number of rotatable bonds is 8.